The molecule has 0 radical (unpaired) electrons. The van der Waals surface area contributed by atoms with Crippen molar-refractivity contribution in [1.82, 2.24) is 25.4 Å². The first kappa shape index (κ1) is 29.2. The summed E-state index contributed by atoms with van der Waals surface area (Å²) < 4.78 is 13.8. The molecular weight excluding hydrogens is 513 g/mol. The second kappa shape index (κ2) is 13.0. The van der Waals surface area contributed by atoms with Gasteiger partial charge in [0.05, 0.1) is 18.3 Å². The summed E-state index contributed by atoms with van der Waals surface area (Å²) in [6, 6.07) is 8.72. The monoisotopic (exact) mass is 551 g/mol. The molecule has 9 nitrogen and oxygen atoms in total. The summed E-state index contributed by atoms with van der Waals surface area (Å²) in [4.78, 5) is 60.6. The average molecular weight is 552 g/mol. The molecule has 0 bridgehead atoms. The molecule has 2 heterocycles. The number of fused-ring (bicyclic) bond motifs is 2. The predicted octanol–water partition coefficient (Wildman–Crippen LogP) is 2.80. The van der Waals surface area contributed by atoms with Crippen molar-refractivity contribution in [3.05, 3.63) is 65.2 Å². The summed E-state index contributed by atoms with van der Waals surface area (Å²) >= 11 is 0. The second-order valence-electron chi connectivity index (χ2n) is 11.0. The highest BCUT2D eigenvalue weighted by atomic mass is 19.1. The highest BCUT2D eigenvalue weighted by Gasteiger charge is 2.44. The van der Waals surface area contributed by atoms with Crippen LogP contribution in [0.3, 0.4) is 0 Å². The third-order valence-electron chi connectivity index (χ3n) is 7.60. The van der Waals surface area contributed by atoms with Crippen molar-refractivity contribution in [2.75, 3.05) is 32.7 Å². The van der Waals surface area contributed by atoms with Gasteiger partial charge in [0, 0.05) is 38.8 Å². The van der Waals surface area contributed by atoms with Crippen molar-refractivity contribution >= 4 is 23.6 Å². The lowest BCUT2D eigenvalue weighted by Crippen LogP contribution is -2.60. The summed E-state index contributed by atoms with van der Waals surface area (Å²) in [5.74, 6) is -1.63. The molecule has 2 aliphatic rings. The minimum atomic E-state index is -1.29. The van der Waals surface area contributed by atoms with Gasteiger partial charge in [-0.1, -0.05) is 38.1 Å². The number of hydrogen-bond donors (Lipinski definition) is 2. The van der Waals surface area contributed by atoms with Gasteiger partial charge in [0.25, 0.3) is 11.8 Å². The Hall–Kier alpha value is -3.82. The zero-order valence-electron chi connectivity index (χ0n) is 23.2. The molecule has 0 saturated carbocycles. The van der Waals surface area contributed by atoms with Crippen LogP contribution in [0.2, 0.25) is 0 Å². The quantitative estimate of drug-likeness (QED) is 0.607. The smallest absolute Gasteiger partial charge is 0.255 e. The molecule has 1 aromatic carbocycles. The molecule has 10 heteroatoms. The maximum absolute atomic E-state index is 13.9. The maximum Gasteiger partial charge on any atom is 0.255 e. The first-order valence-corrected chi connectivity index (χ1v) is 14.0. The van der Waals surface area contributed by atoms with E-state index >= 15 is 0 Å². The summed E-state index contributed by atoms with van der Waals surface area (Å²) in [5, 5.41) is 5.97. The number of carbonyl (C=O) groups excluding carboxylic acids is 4. The molecule has 214 valence electrons. The highest BCUT2D eigenvalue weighted by Crippen LogP contribution is 2.36. The minimum absolute atomic E-state index is 0.0993. The van der Waals surface area contributed by atoms with E-state index in [0.717, 1.165) is 36.2 Å². The van der Waals surface area contributed by atoms with Crippen LogP contribution in [0.5, 0.6) is 0 Å². The van der Waals surface area contributed by atoms with Crippen LogP contribution >= 0.6 is 0 Å². The standard InChI is InChI=1S/C30H38FN5O4/c1-21(2)11-15-36-20-26(37)34-30(12-5-8-22-7-3-4-9-25(22)30)29(40)33-13-16-35(14-6-10-27(36)38)28(39)23-17-24(31)19-32-18-23/h3-4,7,9,17-19,21H,5-6,8,10-16,20H2,1-2H3,(H,33,40)(H,34,37). The molecule has 4 amide bonds. The van der Waals surface area contributed by atoms with Gasteiger partial charge in [-0.2, -0.15) is 0 Å². The molecule has 1 aromatic heterocycles. The number of halogens is 1. The molecule has 40 heavy (non-hydrogen) atoms. The second-order valence-corrected chi connectivity index (χ2v) is 11.0. The number of pyridine rings is 1. The van der Waals surface area contributed by atoms with E-state index in [9.17, 15) is 23.6 Å². The van der Waals surface area contributed by atoms with Crippen LogP contribution in [0.1, 0.15) is 67.4 Å². The van der Waals surface area contributed by atoms with Crippen LogP contribution in [-0.2, 0) is 26.3 Å². The minimum Gasteiger partial charge on any atom is -0.352 e. The Balaban J connectivity index is 1.65. The van der Waals surface area contributed by atoms with E-state index in [-0.39, 0.29) is 55.9 Å². The molecule has 1 aliphatic heterocycles. The van der Waals surface area contributed by atoms with Gasteiger partial charge in [0.1, 0.15) is 11.4 Å². The van der Waals surface area contributed by atoms with E-state index in [2.05, 4.69) is 29.5 Å². The fourth-order valence-electron chi connectivity index (χ4n) is 5.47. The van der Waals surface area contributed by atoms with Crippen molar-refractivity contribution in [2.45, 2.75) is 57.9 Å². The molecule has 1 atom stereocenters. The number of nitrogens with one attached hydrogen (secondary N) is 2. The van der Waals surface area contributed by atoms with E-state index < -0.39 is 17.3 Å². The Morgan fingerprint density at radius 3 is 2.67 bits per heavy atom. The highest BCUT2D eigenvalue weighted by molar-refractivity contribution is 5.95. The summed E-state index contributed by atoms with van der Waals surface area (Å²) in [6.45, 7) is 4.88. The lowest BCUT2D eigenvalue weighted by molar-refractivity contribution is -0.139. The Bertz CT molecular complexity index is 1250. The average Bonchev–Trinajstić information content (AvgIpc) is 2.93. The summed E-state index contributed by atoms with van der Waals surface area (Å²) in [6.07, 6.45) is 5.48. The molecule has 1 spiro atoms. The number of rotatable bonds is 4. The summed E-state index contributed by atoms with van der Waals surface area (Å²) in [7, 11) is 0. The first-order chi connectivity index (χ1) is 19.2. The van der Waals surface area contributed by atoms with Crippen LogP contribution < -0.4 is 10.6 Å². The Morgan fingerprint density at radius 1 is 1.10 bits per heavy atom. The van der Waals surface area contributed by atoms with E-state index in [1.807, 2.05) is 24.3 Å². The fourth-order valence-corrected chi connectivity index (χ4v) is 5.47. The van der Waals surface area contributed by atoms with Gasteiger partial charge in [0.15, 0.2) is 0 Å². The van der Waals surface area contributed by atoms with Crippen LogP contribution in [0.25, 0.3) is 0 Å². The fraction of sp³-hybridized carbons (Fsp3) is 0.500. The van der Waals surface area contributed by atoms with E-state index in [4.69, 9.17) is 0 Å². The summed E-state index contributed by atoms with van der Waals surface area (Å²) in [5.41, 5.74) is 0.554. The van der Waals surface area contributed by atoms with Crippen molar-refractivity contribution in [1.29, 1.82) is 0 Å². The van der Waals surface area contributed by atoms with Crippen molar-refractivity contribution < 1.29 is 23.6 Å². The molecule has 2 aromatic rings. The Morgan fingerprint density at radius 2 is 1.90 bits per heavy atom. The number of aryl methyl sites for hydroxylation is 1. The third-order valence-corrected chi connectivity index (χ3v) is 7.60. The van der Waals surface area contributed by atoms with Crippen molar-refractivity contribution in [3.8, 4) is 0 Å². The number of hydrogen-bond acceptors (Lipinski definition) is 5. The first-order valence-electron chi connectivity index (χ1n) is 14.0. The topological polar surface area (TPSA) is 112 Å². The number of benzene rings is 1. The molecule has 1 saturated heterocycles. The van der Waals surface area contributed by atoms with Gasteiger partial charge < -0.3 is 20.4 Å². The van der Waals surface area contributed by atoms with Gasteiger partial charge in [-0.3, -0.25) is 24.2 Å². The van der Waals surface area contributed by atoms with Crippen LogP contribution in [0.15, 0.2) is 42.7 Å². The van der Waals surface area contributed by atoms with Crippen LogP contribution in [-0.4, -0.2) is 71.1 Å². The predicted molar refractivity (Wildman–Crippen MR) is 148 cm³/mol. The number of nitrogens with zero attached hydrogens (tertiary/aromatic N) is 3. The third kappa shape index (κ3) is 6.84. The lowest BCUT2D eigenvalue weighted by atomic mass is 9.75. The molecule has 1 unspecified atom stereocenters. The van der Waals surface area contributed by atoms with Gasteiger partial charge in [-0.15, -0.1) is 0 Å². The van der Waals surface area contributed by atoms with Gasteiger partial charge >= 0.3 is 0 Å². The number of aromatic nitrogens is 1. The van der Waals surface area contributed by atoms with Crippen molar-refractivity contribution in [3.63, 3.8) is 0 Å². The van der Waals surface area contributed by atoms with Crippen LogP contribution in [0.4, 0.5) is 4.39 Å². The largest absolute Gasteiger partial charge is 0.352 e. The maximum atomic E-state index is 13.9. The lowest BCUT2D eigenvalue weighted by Gasteiger charge is -2.39. The SMILES string of the molecule is CC(C)CCN1CC(=O)NC2(CCCc3ccccc32)C(=O)NCCN(C(=O)c2cncc(F)c2)CCCC1=O. The zero-order chi connectivity index (χ0) is 28.7. The molecule has 4 rings (SSSR count). The number of amides is 4. The van der Waals surface area contributed by atoms with Gasteiger partial charge in [0.2, 0.25) is 11.8 Å². The molecule has 2 N–H and O–H groups in total. The molecular formula is C30H38FN5O4. The van der Waals surface area contributed by atoms with Crippen molar-refractivity contribution in [2.24, 2.45) is 5.92 Å². The van der Waals surface area contributed by atoms with E-state index in [1.165, 1.54) is 11.1 Å². The number of carbonyl (C=O) groups is 4. The van der Waals surface area contributed by atoms with E-state index in [1.54, 1.807) is 4.90 Å². The normalized spacial score (nSPS) is 21.1. The van der Waals surface area contributed by atoms with Crippen LogP contribution in [0, 0.1) is 11.7 Å². The molecule has 1 fully saturated rings. The van der Waals surface area contributed by atoms with E-state index in [0.29, 0.717) is 31.7 Å². The van der Waals surface area contributed by atoms with Gasteiger partial charge in [-0.25, -0.2) is 4.39 Å². The van der Waals surface area contributed by atoms with Gasteiger partial charge in [-0.05, 0) is 55.2 Å². The molecule has 1 aliphatic carbocycles. The zero-order valence-corrected chi connectivity index (χ0v) is 23.2. The Labute approximate surface area is 234 Å². The Kier molecular flexibility index (Phi) is 9.50.